The van der Waals surface area contributed by atoms with Crippen molar-refractivity contribution < 1.29 is 19.8 Å². The summed E-state index contributed by atoms with van der Waals surface area (Å²) in [6.45, 7) is 9.68. The average molecular weight is 187 g/mol. The fourth-order valence-electron chi connectivity index (χ4n) is 0. The highest BCUT2D eigenvalue weighted by Gasteiger charge is 1.73. The first-order valence-electron chi connectivity index (χ1n) is 2.99. The molecule has 0 aliphatic rings. The van der Waals surface area contributed by atoms with Crippen LogP contribution in [-0.4, -0.2) is 22.3 Å². The minimum atomic E-state index is -1.33. The molecule has 74 valence electrons. The first-order valence-corrected chi connectivity index (χ1v) is 2.99. The molecule has 0 spiro atoms. The predicted octanol–water partition coefficient (Wildman–Crippen LogP) is 1.24. The zero-order valence-electron chi connectivity index (χ0n) is 7.14. The van der Waals surface area contributed by atoms with Crippen LogP contribution in [0.5, 0.6) is 0 Å². The Hall–Kier alpha value is -2.04. The van der Waals surface area contributed by atoms with Gasteiger partial charge in [-0.2, -0.15) is 0 Å². The Morgan fingerprint density at radius 1 is 1.08 bits per heavy atom. The van der Waals surface area contributed by atoms with Crippen LogP contribution in [0.4, 0.5) is 4.79 Å². The third-order valence-corrected chi connectivity index (χ3v) is 0.341. The number of amides is 1. The van der Waals surface area contributed by atoms with E-state index in [1.807, 2.05) is 0 Å². The molecule has 0 atom stereocenters. The quantitative estimate of drug-likeness (QED) is 0.447. The standard InChI is InChI=1S/C4H6.C3H4O2.CH3NO2/c1-3-4-2;1-2-3(4)5;2-1(3)4/h3-4H,1-2H2;2H,1H2,(H,4,5);2H2,(H,3,4). The molecule has 0 saturated carbocycles. The van der Waals surface area contributed by atoms with Gasteiger partial charge in [-0.1, -0.05) is 31.9 Å². The normalized spacial score (nSPS) is 5.85. The molecule has 0 rings (SSSR count). The number of carboxylic acid groups (broad SMARTS) is 2. The van der Waals surface area contributed by atoms with E-state index in [2.05, 4.69) is 25.5 Å². The van der Waals surface area contributed by atoms with E-state index in [0.717, 1.165) is 6.08 Å². The molecule has 13 heavy (non-hydrogen) atoms. The largest absolute Gasteiger partial charge is 0.478 e. The van der Waals surface area contributed by atoms with Crippen molar-refractivity contribution in [1.29, 1.82) is 0 Å². The number of aliphatic carboxylic acids is 1. The van der Waals surface area contributed by atoms with Crippen molar-refractivity contribution >= 4 is 12.1 Å². The zero-order chi connectivity index (χ0) is 11.3. The van der Waals surface area contributed by atoms with Gasteiger partial charge in [0.1, 0.15) is 0 Å². The first kappa shape index (κ1) is 17.2. The Kier molecular flexibility index (Phi) is 21.8. The Bertz CT molecular complexity index is 177. The Morgan fingerprint density at radius 3 is 1.23 bits per heavy atom. The van der Waals surface area contributed by atoms with Gasteiger partial charge >= 0.3 is 12.1 Å². The number of allylic oxidation sites excluding steroid dienone is 2. The number of nitrogens with two attached hydrogens (primary N) is 1. The first-order chi connectivity index (χ1) is 5.92. The highest BCUT2D eigenvalue weighted by atomic mass is 16.4. The minimum Gasteiger partial charge on any atom is -0.478 e. The fraction of sp³-hybridized carbons (Fsp3) is 0. The van der Waals surface area contributed by atoms with Gasteiger partial charge in [0.05, 0.1) is 0 Å². The second-order valence-electron chi connectivity index (χ2n) is 1.35. The molecular weight excluding hydrogens is 174 g/mol. The average Bonchev–Trinajstić information content (AvgIpc) is 2.04. The van der Waals surface area contributed by atoms with Crippen LogP contribution in [0, 0.1) is 0 Å². The lowest BCUT2D eigenvalue weighted by Gasteiger charge is -1.64. The summed E-state index contributed by atoms with van der Waals surface area (Å²) in [5, 5.41) is 14.8. The highest BCUT2D eigenvalue weighted by molar-refractivity contribution is 5.78. The number of rotatable bonds is 2. The molecule has 0 saturated heterocycles. The van der Waals surface area contributed by atoms with Crippen LogP contribution in [0.25, 0.3) is 0 Å². The van der Waals surface area contributed by atoms with E-state index in [-0.39, 0.29) is 0 Å². The van der Waals surface area contributed by atoms with E-state index in [9.17, 15) is 4.79 Å². The van der Waals surface area contributed by atoms with Crippen LogP contribution < -0.4 is 5.73 Å². The van der Waals surface area contributed by atoms with Gasteiger partial charge in [0.25, 0.3) is 0 Å². The van der Waals surface area contributed by atoms with E-state index in [0.29, 0.717) is 0 Å². The van der Waals surface area contributed by atoms with Crippen LogP contribution in [0.2, 0.25) is 0 Å². The summed E-state index contributed by atoms with van der Waals surface area (Å²) >= 11 is 0. The molecule has 4 N–H and O–H groups in total. The summed E-state index contributed by atoms with van der Waals surface area (Å²) in [7, 11) is 0. The van der Waals surface area contributed by atoms with Crippen molar-refractivity contribution in [3.8, 4) is 0 Å². The molecule has 0 aliphatic carbocycles. The molecule has 0 unspecified atom stereocenters. The summed E-state index contributed by atoms with van der Waals surface area (Å²) in [5.74, 6) is -0.981. The van der Waals surface area contributed by atoms with E-state index < -0.39 is 12.1 Å². The van der Waals surface area contributed by atoms with Crippen LogP contribution >= 0.6 is 0 Å². The van der Waals surface area contributed by atoms with Crippen molar-refractivity contribution in [3.63, 3.8) is 0 Å². The van der Waals surface area contributed by atoms with Crippen molar-refractivity contribution in [2.75, 3.05) is 0 Å². The van der Waals surface area contributed by atoms with Gasteiger partial charge in [0.15, 0.2) is 0 Å². The molecule has 0 aliphatic heterocycles. The van der Waals surface area contributed by atoms with Crippen LogP contribution in [-0.2, 0) is 4.79 Å². The van der Waals surface area contributed by atoms with Crippen molar-refractivity contribution in [2.24, 2.45) is 5.73 Å². The SMILES string of the molecule is C=CC(=O)O.C=CC=C.NC(=O)O. The Labute approximate surface area is 76.5 Å². The van der Waals surface area contributed by atoms with Gasteiger partial charge in [0, 0.05) is 6.08 Å². The predicted molar refractivity (Wildman–Crippen MR) is 50.4 cm³/mol. The van der Waals surface area contributed by atoms with Gasteiger partial charge < -0.3 is 15.9 Å². The third kappa shape index (κ3) is 685. The van der Waals surface area contributed by atoms with Gasteiger partial charge in [-0.05, 0) is 0 Å². The molecule has 0 aromatic carbocycles. The van der Waals surface area contributed by atoms with Crippen molar-refractivity contribution in [1.82, 2.24) is 0 Å². The zero-order valence-corrected chi connectivity index (χ0v) is 7.14. The third-order valence-electron chi connectivity index (χ3n) is 0.341. The number of hydrogen-bond donors (Lipinski definition) is 3. The maximum absolute atomic E-state index is 9.25. The van der Waals surface area contributed by atoms with E-state index in [1.54, 1.807) is 12.2 Å². The lowest BCUT2D eigenvalue weighted by molar-refractivity contribution is -0.131. The Morgan fingerprint density at radius 2 is 1.23 bits per heavy atom. The fourth-order valence-corrected chi connectivity index (χ4v) is 0. The second kappa shape index (κ2) is 16.5. The molecule has 0 heterocycles. The van der Waals surface area contributed by atoms with Crippen molar-refractivity contribution in [2.45, 2.75) is 0 Å². The van der Waals surface area contributed by atoms with Gasteiger partial charge in [-0.3, -0.25) is 0 Å². The molecule has 5 nitrogen and oxygen atoms in total. The topological polar surface area (TPSA) is 101 Å². The van der Waals surface area contributed by atoms with E-state index >= 15 is 0 Å². The summed E-state index contributed by atoms with van der Waals surface area (Å²) < 4.78 is 0. The molecule has 0 fully saturated rings. The summed E-state index contributed by atoms with van der Waals surface area (Å²) in [4.78, 5) is 18.0. The number of carboxylic acids is 1. The van der Waals surface area contributed by atoms with Gasteiger partial charge in [-0.25, -0.2) is 9.59 Å². The van der Waals surface area contributed by atoms with Crippen molar-refractivity contribution in [3.05, 3.63) is 38.0 Å². The summed E-state index contributed by atoms with van der Waals surface area (Å²) in [6.07, 6.45) is 2.78. The second-order valence-corrected chi connectivity index (χ2v) is 1.35. The van der Waals surface area contributed by atoms with Gasteiger partial charge in [0.2, 0.25) is 0 Å². The molecule has 1 amide bonds. The smallest absolute Gasteiger partial charge is 0.402 e. The number of carbonyl (C=O) groups is 2. The molecule has 0 aromatic rings. The molecular formula is C8H13NO4. The number of primary amides is 1. The summed E-state index contributed by atoms with van der Waals surface area (Å²) in [6, 6.07) is 0. The molecule has 0 bridgehead atoms. The maximum atomic E-state index is 9.25. The lowest BCUT2D eigenvalue weighted by atomic mass is 10.6. The van der Waals surface area contributed by atoms with E-state index in [1.165, 1.54) is 0 Å². The molecule has 0 radical (unpaired) electrons. The van der Waals surface area contributed by atoms with Crippen LogP contribution in [0.1, 0.15) is 0 Å². The Balaban J connectivity index is -0.000000117. The monoisotopic (exact) mass is 187 g/mol. The number of hydrogen-bond acceptors (Lipinski definition) is 2. The molecule has 5 heteroatoms. The van der Waals surface area contributed by atoms with Crippen LogP contribution in [0.15, 0.2) is 38.0 Å². The maximum Gasteiger partial charge on any atom is 0.402 e. The lowest BCUT2D eigenvalue weighted by Crippen LogP contribution is -2.03. The minimum absolute atomic E-state index is 0.833. The van der Waals surface area contributed by atoms with E-state index in [4.69, 9.17) is 15.0 Å². The van der Waals surface area contributed by atoms with Crippen LogP contribution in [0.3, 0.4) is 0 Å². The van der Waals surface area contributed by atoms with Gasteiger partial charge in [-0.15, -0.1) is 0 Å². The highest BCUT2D eigenvalue weighted by Crippen LogP contribution is 1.54. The summed E-state index contributed by atoms with van der Waals surface area (Å²) in [5.41, 5.74) is 4.03. The molecule has 0 aromatic heterocycles.